The van der Waals surface area contributed by atoms with Crippen molar-refractivity contribution < 1.29 is 0 Å². The molecular weight excluding hydrogens is 204 g/mol. The van der Waals surface area contributed by atoms with E-state index >= 15 is 0 Å². The van der Waals surface area contributed by atoms with Crippen LogP contribution in [0.25, 0.3) is 0 Å². The molecule has 0 saturated heterocycles. The summed E-state index contributed by atoms with van der Waals surface area (Å²) in [6, 6.07) is 0. The van der Waals surface area contributed by atoms with E-state index in [0.717, 1.165) is 24.5 Å². The molecule has 1 aliphatic rings. The van der Waals surface area contributed by atoms with Crippen LogP contribution in [-0.4, -0.2) is 11.5 Å². The summed E-state index contributed by atoms with van der Waals surface area (Å²) in [6.07, 6.45) is 4.80. The summed E-state index contributed by atoms with van der Waals surface area (Å²) in [5.41, 5.74) is 1.82. The van der Waals surface area contributed by atoms with Crippen molar-refractivity contribution in [3.8, 4) is 0 Å². The smallest absolute Gasteiger partial charge is 0.183 e. The molecule has 0 atom stereocenters. The van der Waals surface area contributed by atoms with Crippen LogP contribution in [0, 0.1) is 5.41 Å². The quantitative estimate of drug-likeness (QED) is 0.850. The van der Waals surface area contributed by atoms with Crippen molar-refractivity contribution in [2.75, 3.05) is 11.9 Å². The molecule has 15 heavy (non-hydrogen) atoms. The van der Waals surface area contributed by atoms with Gasteiger partial charge in [0.15, 0.2) is 5.13 Å². The highest BCUT2D eigenvalue weighted by atomic mass is 32.1. The topological polar surface area (TPSA) is 24.9 Å². The van der Waals surface area contributed by atoms with Crippen LogP contribution in [0.2, 0.25) is 0 Å². The number of fused-ring (bicyclic) bond motifs is 1. The number of aromatic nitrogens is 1. The first kappa shape index (κ1) is 10.9. The third-order valence-electron chi connectivity index (χ3n) is 2.98. The molecule has 0 unspecified atom stereocenters. The Bertz CT molecular complexity index is 341. The lowest BCUT2D eigenvalue weighted by Gasteiger charge is -2.28. The molecule has 0 aliphatic heterocycles. The molecule has 3 heteroatoms. The molecule has 0 bridgehead atoms. The summed E-state index contributed by atoms with van der Waals surface area (Å²) in [4.78, 5) is 6.17. The van der Waals surface area contributed by atoms with Crippen LogP contribution in [0.1, 0.15) is 44.2 Å². The summed E-state index contributed by atoms with van der Waals surface area (Å²) >= 11 is 1.86. The van der Waals surface area contributed by atoms with Crippen LogP contribution in [-0.2, 0) is 12.8 Å². The molecule has 1 aliphatic carbocycles. The van der Waals surface area contributed by atoms with Crippen molar-refractivity contribution in [2.45, 2.75) is 46.5 Å². The monoisotopic (exact) mass is 224 g/mol. The maximum Gasteiger partial charge on any atom is 0.183 e. The Morgan fingerprint density at radius 1 is 1.47 bits per heavy atom. The van der Waals surface area contributed by atoms with Crippen molar-refractivity contribution in [1.82, 2.24) is 4.98 Å². The molecular formula is C12H20N2S. The summed E-state index contributed by atoms with van der Waals surface area (Å²) in [6.45, 7) is 7.93. The molecule has 0 radical (unpaired) electrons. The minimum Gasteiger partial charge on any atom is -0.362 e. The molecule has 2 rings (SSSR count). The van der Waals surface area contributed by atoms with E-state index in [9.17, 15) is 0 Å². The number of nitrogens with one attached hydrogen (secondary N) is 1. The number of hydrogen-bond acceptors (Lipinski definition) is 3. The van der Waals surface area contributed by atoms with Gasteiger partial charge in [-0.05, 0) is 31.1 Å². The maximum absolute atomic E-state index is 4.66. The van der Waals surface area contributed by atoms with Crippen LogP contribution >= 0.6 is 11.3 Å². The van der Waals surface area contributed by atoms with Crippen molar-refractivity contribution in [1.29, 1.82) is 0 Å². The van der Waals surface area contributed by atoms with Gasteiger partial charge in [-0.3, -0.25) is 0 Å². The predicted octanol–water partition coefficient (Wildman–Crippen LogP) is 3.48. The van der Waals surface area contributed by atoms with Gasteiger partial charge in [0.05, 0.1) is 5.69 Å². The zero-order chi connectivity index (χ0) is 10.9. The first-order valence-electron chi connectivity index (χ1n) is 5.83. The van der Waals surface area contributed by atoms with E-state index in [1.807, 2.05) is 11.3 Å². The second-order valence-corrected chi connectivity index (χ2v) is 6.24. The van der Waals surface area contributed by atoms with Crippen molar-refractivity contribution in [3.63, 3.8) is 0 Å². The fraction of sp³-hybridized carbons (Fsp3) is 0.750. The normalized spacial score (nSPS) is 18.6. The fourth-order valence-electron chi connectivity index (χ4n) is 2.00. The third-order valence-corrected chi connectivity index (χ3v) is 4.04. The predicted molar refractivity (Wildman–Crippen MR) is 66.7 cm³/mol. The molecule has 84 valence electrons. The molecule has 0 amide bonds. The highest BCUT2D eigenvalue weighted by Crippen LogP contribution is 2.38. The van der Waals surface area contributed by atoms with E-state index in [0.29, 0.717) is 5.41 Å². The minimum absolute atomic E-state index is 0.474. The van der Waals surface area contributed by atoms with Gasteiger partial charge < -0.3 is 5.32 Å². The van der Waals surface area contributed by atoms with Crippen molar-refractivity contribution in [3.05, 3.63) is 10.6 Å². The molecule has 0 saturated carbocycles. The van der Waals surface area contributed by atoms with Crippen molar-refractivity contribution >= 4 is 16.5 Å². The van der Waals surface area contributed by atoms with Crippen LogP contribution in [0.5, 0.6) is 0 Å². The number of hydrogen-bond donors (Lipinski definition) is 1. The van der Waals surface area contributed by atoms with E-state index in [-0.39, 0.29) is 0 Å². The number of rotatable bonds is 3. The van der Waals surface area contributed by atoms with Gasteiger partial charge in [0.2, 0.25) is 0 Å². The van der Waals surface area contributed by atoms with E-state index in [2.05, 4.69) is 31.1 Å². The van der Waals surface area contributed by atoms with E-state index in [1.54, 1.807) is 0 Å². The van der Waals surface area contributed by atoms with Crippen molar-refractivity contribution in [2.24, 2.45) is 5.41 Å². The minimum atomic E-state index is 0.474. The molecule has 0 aromatic carbocycles. The number of anilines is 1. The van der Waals surface area contributed by atoms with Gasteiger partial charge in [-0.25, -0.2) is 4.98 Å². The molecule has 1 aromatic rings. The number of nitrogens with zero attached hydrogens (tertiary/aromatic N) is 1. The molecule has 1 aromatic heterocycles. The average molecular weight is 224 g/mol. The van der Waals surface area contributed by atoms with Crippen LogP contribution in [0.4, 0.5) is 5.13 Å². The standard InChI is InChI=1S/C12H20N2S/c1-4-7-13-11-14-9-5-6-12(2,3)8-10(9)15-11/h4-8H2,1-3H3,(H,13,14). The number of aryl methyl sites for hydroxylation is 1. The van der Waals surface area contributed by atoms with Crippen LogP contribution < -0.4 is 5.32 Å². The SMILES string of the molecule is CCCNc1nc2c(s1)CC(C)(C)CC2. The van der Waals surface area contributed by atoms with Crippen LogP contribution in [0.15, 0.2) is 0 Å². The Morgan fingerprint density at radius 2 is 2.27 bits per heavy atom. The Kier molecular flexibility index (Phi) is 3.01. The maximum atomic E-state index is 4.66. The second-order valence-electron chi connectivity index (χ2n) is 5.16. The number of thiazole rings is 1. The fourth-order valence-corrected chi connectivity index (χ4v) is 3.30. The third kappa shape index (κ3) is 2.51. The molecule has 0 spiro atoms. The largest absolute Gasteiger partial charge is 0.362 e. The second kappa shape index (κ2) is 4.12. The lowest BCUT2D eigenvalue weighted by Crippen LogP contribution is -2.20. The zero-order valence-electron chi connectivity index (χ0n) is 9.89. The van der Waals surface area contributed by atoms with Gasteiger partial charge in [0.25, 0.3) is 0 Å². The van der Waals surface area contributed by atoms with Gasteiger partial charge in [0.1, 0.15) is 0 Å². The first-order chi connectivity index (χ1) is 7.11. The highest BCUT2D eigenvalue weighted by Gasteiger charge is 2.27. The van der Waals surface area contributed by atoms with Gasteiger partial charge in [-0.1, -0.05) is 20.8 Å². The Hall–Kier alpha value is -0.570. The summed E-state index contributed by atoms with van der Waals surface area (Å²) in [5.74, 6) is 0. The molecule has 1 N–H and O–H groups in total. The van der Waals surface area contributed by atoms with E-state index in [4.69, 9.17) is 0 Å². The highest BCUT2D eigenvalue weighted by molar-refractivity contribution is 7.15. The Labute approximate surface area is 96.1 Å². The van der Waals surface area contributed by atoms with E-state index in [1.165, 1.54) is 23.4 Å². The Morgan fingerprint density at radius 3 is 3.00 bits per heavy atom. The Balaban J connectivity index is 2.11. The molecule has 1 heterocycles. The van der Waals surface area contributed by atoms with Gasteiger partial charge >= 0.3 is 0 Å². The summed E-state index contributed by atoms with van der Waals surface area (Å²) in [5, 5.41) is 4.51. The van der Waals surface area contributed by atoms with Gasteiger partial charge in [0, 0.05) is 11.4 Å². The lowest BCUT2D eigenvalue weighted by atomic mass is 9.79. The summed E-state index contributed by atoms with van der Waals surface area (Å²) < 4.78 is 0. The summed E-state index contributed by atoms with van der Waals surface area (Å²) in [7, 11) is 0. The van der Waals surface area contributed by atoms with Gasteiger partial charge in [-0.15, -0.1) is 11.3 Å². The lowest BCUT2D eigenvalue weighted by molar-refractivity contribution is 0.316. The van der Waals surface area contributed by atoms with Crippen LogP contribution in [0.3, 0.4) is 0 Å². The van der Waals surface area contributed by atoms with E-state index < -0.39 is 0 Å². The van der Waals surface area contributed by atoms with Gasteiger partial charge in [-0.2, -0.15) is 0 Å². The zero-order valence-corrected chi connectivity index (χ0v) is 10.7. The first-order valence-corrected chi connectivity index (χ1v) is 6.65. The average Bonchev–Trinajstić information content (AvgIpc) is 2.55. The molecule has 2 nitrogen and oxygen atoms in total. The molecule has 0 fully saturated rings.